The Morgan fingerprint density at radius 3 is 2.46 bits per heavy atom. The number of rotatable bonds is 5. The van der Waals surface area contributed by atoms with Gasteiger partial charge in [-0.15, -0.1) is 10.2 Å². The van der Waals surface area contributed by atoms with Crippen LogP contribution in [0, 0.1) is 0 Å². The van der Waals surface area contributed by atoms with Gasteiger partial charge in [0.15, 0.2) is 5.82 Å². The van der Waals surface area contributed by atoms with E-state index in [0.29, 0.717) is 32.3 Å². The molecule has 0 aliphatic rings. The number of nitrogens with two attached hydrogens (primary N) is 1. The van der Waals surface area contributed by atoms with Crippen molar-refractivity contribution in [3.8, 4) is 11.4 Å². The van der Waals surface area contributed by atoms with Gasteiger partial charge in [-0.3, -0.25) is 4.79 Å². The first-order valence-corrected chi connectivity index (χ1v) is 9.28. The van der Waals surface area contributed by atoms with Gasteiger partial charge in [0.2, 0.25) is 11.1 Å². The number of nitrogens with one attached hydrogen (secondary N) is 1. The number of aromatic nitrogens is 3. The van der Waals surface area contributed by atoms with E-state index in [0.717, 1.165) is 0 Å². The van der Waals surface area contributed by atoms with Crippen LogP contribution in [0.4, 0.5) is 5.69 Å². The lowest BCUT2D eigenvalue weighted by molar-refractivity contribution is -0.115. The molecule has 0 radical (unpaired) electrons. The molecule has 3 aromatic rings. The zero-order valence-electron chi connectivity index (χ0n) is 13.7. The fourth-order valence-corrected chi connectivity index (χ4v) is 3.37. The maximum absolute atomic E-state index is 12.4. The zero-order chi connectivity index (χ0) is 18.7. The summed E-state index contributed by atoms with van der Waals surface area (Å²) in [5.41, 5.74) is 1.22. The number of carbonyl (C=O) groups excluding carboxylic acids is 1. The van der Waals surface area contributed by atoms with Crippen LogP contribution in [-0.4, -0.2) is 26.0 Å². The normalized spacial score (nSPS) is 12.0. The molecule has 26 heavy (non-hydrogen) atoms. The number of nitrogen functional groups attached to an aromatic ring is 1. The van der Waals surface area contributed by atoms with Crippen LogP contribution in [0.5, 0.6) is 0 Å². The average molecular weight is 408 g/mol. The second-order valence-electron chi connectivity index (χ2n) is 5.39. The van der Waals surface area contributed by atoms with Crippen molar-refractivity contribution in [3.05, 3.63) is 58.6 Å². The van der Waals surface area contributed by atoms with E-state index in [9.17, 15) is 4.79 Å². The molecule has 134 valence electrons. The quantitative estimate of drug-likeness (QED) is 0.491. The molecule has 0 saturated heterocycles. The molecule has 3 rings (SSSR count). The van der Waals surface area contributed by atoms with Gasteiger partial charge in [0, 0.05) is 5.56 Å². The van der Waals surface area contributed by atoms with Gasteiger partial charge >= 0.3 is 0 Å². The molecule has 1 heterocycles. The fourth-order valence-electron chi connectivity index (χ4n) is 2.19. The van der Waals surface area contributed by atoms with E-state index in [1.165, 1.54) is 16.4 Å². The van der Waals surface area contributed by atoms with Crippen LogP contribution < -0.4 is 11.2 Å². The SMILES string of the molecule is C[C@@H](Sc1nnc(-c2ccccc2Cl)n1N)C(=O)Nc1ccccc1Cl. The molecule has 0 fully saturated rings. The first-order valence-electron chi connectivity index (χ1n) is 7.65. The Bertz CT molecular complexity index is 946. The Labute approximate surface area is 164 Å². The summed E-state index contributed by atoms with van der Waals surface area (Å²) < 4.78 is 1.32. The summed E-state index contributed by atoms with van der Waals surface area (Å²) in [6, 6.07) is 14.2. The van der Waals surface area contributed by atoms with Gasteiger partial charge in [-0.1, -0.05) is 59.2 Å². The van der Waals surface area contributed by atoms with Gasteiger partial charge in [-0.25, -0.2) is 4.68 Å². The monoisotopic (exact) mass is 407 g/mol. The number of nitrogens with zero attached hydrogens (tertiary/aromatic N) is 3. The second-order valence-corrected chi connectivity index (χ2v) is 7.51. The van der Waals surface area contributed by atoms with Gasteiger partial charge in [0.25, 0.3) is 0 Å². The van der Waals surface area contributed by atoms with Crippen molar-refractivity contribution in [2.75, 3.05) is 11.2 Å². The lowest BCUT2D eigenvalue weighted by atomic mass is 10.2. The molecule has 0 unspecified atom stereocenters. The summed E-state index contributed by atoms with van der Waals surface area (Å²) in [4.78, 5) is 12.4. The third-order valence-corrected chi connectivity index (χ3v) is 5.28. The summed E-state index contributed by atoms with van der Waals surface area (Å²) in [5, 5.41) is 11.9. The summed E-state index contributed by atoms with van der Waals surface area (Å²) >= 11 is 13.4. The number of anilines is 1. The lowest BCUT2D eigenvalue weighted by Gasteiger charge is -2.12. The Hall–Kier alpha value is -2.22. The minimum absolute atomic E-state index is 0.217. The molecule has 0 saturated carbocycles. The van der Waals surface area contributed by atoms with Crippen LogP contribution in [0.2, 0.25) is 10.0 Å². The molecule has 1 aromatic heterocycles. The highest BCUT2D eigenvalue weighted by Crippen LogP contribution is 2.29. The second kappa shape index (κ2) is 7.99. The third-order valence-electron chi connectivity index (χ3n) is 3.56. The number of hydrogen-bond donors (Lipinski definition) is 2. The molecular formula is C17H15Cl2N5OS. The first-order chi connectivity index (χ1) is 12.5. The Morgan fingerprint density at radius 2 is 1.77 bits per heavy atom. The maximum Gasteiger partial charge on any atom is 0.237 e. The predicted molar refractivity (Wildman–Crippen MR) is 106 cm³/mol. The number of carbonyl (C=O) groups is 1. The Morgan fingerprint density at radius 1 is 1.12 bits per heavy atom. The molecule has 0 aliphatic heterocycles. The Balaban J connectivity index is 1.74. The molecular weight excluding hydrogens is 393 g/mol. The maximum atomic E-state index is 12.4. The molecule has 0 spiro atoms. The average Bonchev–Trinajstić information content (AvgIpc) is 2.98. The van der Waals surface area contributed by atoms with Crippen molar-refractivity contribution in [3.63, 3.8) is 0 Å². The van der Waals surface area contributed by atoms with Crippen LogP contribution in [0.15, 0.2) is 53.7 Å². The van der Waals surface area contributed by atoms with Gasteiger partial charge < -0.3 is 11.2 Å². The summed E-state index contributed by atoms with van der Waals surface area (Å²) in [6.45, 7) is 1.75. The Kier molecular flexibility index (Phi) is 5.70. The van der Waals surface area contributed by atoms with Crippen molar-refractivity contribution in [2.45, 2.75) is 17.3 Å². The largest absolute Gasteiger partial charge is 0.335 e. The smallest absolute Gasteiger partial charge is 0.237 e. The summed E-state index contributed by atoms with van der Waals surface area (Å²) in [7, 11) is 0. The van der Waals surface area contributed by atoms with Crippen LogP contribution in [0.25, 0.3) is 11.4 Å². The van der Waals surface area contributed by atoms with Crippen LogP contribution >= 0.6 is 35.0 Å². The van der Waals surface area contributed by atoms with E-state index >= 15 is 0 Å². The van der Waals surface area contributed by atoms with E-state index in [-0.39, 0.29) is 5.91 Å². The number of thioether (sulfide) groups is 1. The standard InChI is InChI=1S/C17H15Cl2N5OS/c1-10(16(25)21-14-9-5-4-8-13(14)19)26-17-23-22-15(24(17)20)11-6-2-3-7-12(11)18/h2-10H,20H2,1H3,(H,21,25)/t10-/m1/s1. The molecule has 6 nitrogen and oxygen atoms in total. The first kappa shape index (κ1) is 18.6. The highest BCUT2D eigenvalue weighted by atomic mass is 35.5. The van der Waals surface area contributed by atoms with Crippen molar-refractivity contribution >= 4 is 46.6 Å². The van der Waals surface area contributed by atoms with E-state index in [4.69, 9.17) is 29.0 Å². The number of halogens is 2. The van der Waals surface area contributed by atoms with Gasteiger partial charge in [0.1, 0.15) is 0 Å². The van der Waals surface area contributed by atoms with Gasteiger partial charge in [-0.05, 0) is 31.2 Å². The van der Waals surface area contributed by atoms with E-state index < -0.39 is 5.25 Å². The van der Waals surface area contributed by atoms with E-state index in [2.05, 4.69) is 15.5 Å². The summed E-state index contributed by atoms with van der Waals surface area (Å²) in [6.07, 6.45) is 0. The van der Waals surface area contributed by atoms with Crippen molar-refractivity contribution < 1.29 is 4.79 Å². The molecule has 2 aromatic carbocycles. The molecule has 9 heteroatoms. The van der Waals surface area contributed by atoms with Crippen molar-refractivity contribution in [1.82, 2.24) is 14.9 Å². The molecule has 1 amide bonds. The third kappa shape index (κ3) is 3.95. The number of benzene rings is 2. The lowest BCUT2D eigenvalue weighted by Crippen LogP contribution is -2.23. The fraction of sp³-hybridized carbons (Fsp3) is 0.118. The zero-order valence-corrected chi connectivity index (χ0v) is 16.0. The van der Waals surface area contributed by atoms with Crippen LogP contribution in [0.1, 0.15) is 6.92 Å². The minimum Gasteiger partial charge on any atom is -0.335 e. The van der Waals surface area contributed by atoms with Crippen molar-refractivity contribution in [2.24, 2.45) is 0 Å². The topological polar surface area (TPSA) is 85.8 Å². The number of para-hydroxylation sites is 1. The molecule has 3 N–H and O–H groups in total. The molecule has 0 bridgehead atoms. The van der Waals surface area contributed by atoms with Crippen LogP contribution in [-0.2, 0) is 4.79 Å². The molecule has 1 atom stereocenters. The summed E-state index contributed by atoms with van der Waals surface area (Å²) in [5.74, 6) is 6.30. The number of amides is 1. The van der Waals surface area contributed by atoms with E-state index in [1.54, 1.807) is 43.3 Å². The highest BCUT2D eigenvalue weighted by molar-refractivity contribution is 8.00. The predicted octanol–water partition coefficient (Wildman–Crippen LogP) is 4.09. The van der Waals surface area contributed by atoms with E-state index in [1.807, 2.05) is 12.1 Å². The highest BCUT2D eigenvalue weighted by Gasteiger charge is 2.21. The van der Waals surface area contributed by atoms with Crippen molar-refractivity contribution in [1.29, 1.82) is 0 Å². The number of hydrogen-bond acceptors (Lipinski definition) is 5. The minimum atomic E-state index is -0.461. The van der Waals surface area contributed by atoms with Gasteiger partial charge in [-0.2, -0.15) is 0 Å². The molecule has 0 aliphatic carbocycles. The van der Waals surface area contributed by atoms with Crippen LogP contribution in [0.3, 0.4) is 0 Å². The van der Waals surface area contributed by atoms with Gasteiger partial charge in [0.05, 0.1) is 21.0 Å².